The van der Waals surface area contributed by atoms with Crippen LogP contribution in [0, 0.1) is 0 Å². The number of carbonyl (C=O) groups excluding carboxylic acids is 3. The van der Waals surface area contributed by atoms with Gasteiger partial charge in [-0.3, -0.25) is 14.5 Å². The van der Waals surface area contributed by atoms with Crippen LogP contribution in [0.2, 0.25) is 0 Å². The molecule has 0 spiro atoms. The number of urea groups is 1. The molecule has 2 aromatic rings. The number of furan rings is 1. The van der Waals surface area contributed by atoms with Crippen molar-refractivity contribution in [2.24, 2.45) is 0 Å². The Morgan fingerprint density at radius 1 is 1.26 bits per heavy atom. The van der Waals surface area contributed by atoms with Crippen LogP contribution in [-0.2, 0) is 22.6 Å². The van der Waals surface area contributed by atoms with Crippen LogP contribution in [0.5, 0.6) is 5.75 Å². The summed E-state index contributed by atoms with van der Waals surface area (Å²) in [4.78, 5) is 37.7. The maximum Gasteiger partial charge on any atom is 0.324 e. The van der Waals surface area contributed by atoms with E-state index < -0.39 is 12.1 Å². The van der Waals surface area contributed by atoms with Crippen molar-refractivity contribution in [1.82, 2.24) is 15.5 Å². The van der Waals surface area contributed by atoms with E-state index in [9.17, 15) is 14.4 Å². The molecule has 2 heterocycles. The van der Waals surface area contributed by atoms with Crippen LogP contribution in [0.25, 0.3) is 0 Å². The molecule has 8 nitrogen and oxygen atoms in total. The van der Waals surface area contributed by atoms with Crippen LogP contribution < -0.4 is 15.4 Å². The lowest BCUT2D eigenvalue weighted by molar-refractivity contribution is -0.130. The number of hydrogen-bond acceptors (Lipinski definition) is 5. The molecule has 0 bridgehead atoms. The summed E-state index contributed by atoms with van der Waals surface area (Å²) in [5, 5.41) is 5.23. The highest BCUT2D eigenvalue weighted by Crippen LogP contribution is 2.14. The molecule has 0 saturated carbocycles. The third-order valence-corrected chi connectivity index (χ3v) is 4.32. The second kappa shape index (κ2) is 8.39. The number of nitrogens with zero attached hydrogens (tertiary/aromatic N) is 1. The molecule has 1 aliphatic rings. The topological polar surface area (TPSA) is 101 Å². The van der Waals surface area contributed by atoms with Gasteiger partial charge in [-0.05, 0) is 36.2 Å². The van der Waals surface area contributed by atoms with Gasteiger partial charge in [0.25, 0.3) is 5.91 Å². The van der Waals surface area contributed by atoms with Gasteiger partial charge in [0.1, 0.15) is 17.6 Å². The zero-order valence-corrected chi connectivity index (χ0v) is 14.9. The average Bonchev–Trinajstić information content (AvgIpc) is 3.28. The first-order chi connectivity index (χ1) is 13.1. The van der Waals surface area contributed by atoms with Crippen LogP contribution in [0.3, 0.4) is 0 Å². The maximum atomic E-state index is 12.4. The van der Waals surface area contributed by atoms with Crippen molar-refractivity contribution in [3.63, 3.8) is 0 Å². The number of hydrogen-bond donors (Lipinski definition) is 2. The lowest BCUT2D eigenvalue weighted by Gasteiger charge is -2.13. The van der Waals surface area contributed by atoms with Crippen LogP contribution in [0.4, 0.5) is 4.79 Å². The van der Waals surface area contributed by atoms with Gasteiger partial charge < -0.3 is 19.8 Å². The normalized spacial score (nSPS) is 16.3. The van der Waals surface area contributed by atoms with Crippen LogP contribution >= 0.6 is 0 Å². The highest BCUT2D eigenvalue weighted by atomic mass is 16.5. The van der Waals surface area contributed by atoms with Crippen molar-refractivity contribution in [1.29, 1.82) is 0 Å². The first-order valence-electron chi connectivity index (χ1n) is 8.60. The van der Waals surface area contributed by atoms with Crippen molar-refractivity contribution in [3.8, 4) is 5.75 Å². The molecule has 1 saturated heterocycles. The van der Waals surface area contributed by atoms with Crippen molar-refractivity contribution < 1.29 is 23.5 Å². The number of amides is 4. The summed E-state index contributed by atoms with van der Waals surface area (Å²) in [6.07, 6.45) is 1.94. The van der Waals surface area contributed by atoms with Crippen LogP contribution in [0.15, 0.2) is 47.1 Å². The van der Waals surface area contributed by atoms with Gasteiger partial charge in [0, 0.05) is 6.54 Å². The minimum atomic E-state index is -0.843. The number of imide groups is 1. The van der Waals surface area contributed by atoms with E-state index in [2.05, 4.69) is 10.6 Å². The van der Waals surface area contributed by atoms with Gasteiger partial charge in [0.15, 0.2) is 0 Å². The van der Waals surface area contributed by atoms with Crippen molar-refractivity contribution in [2.45, 2.75) is 25.4 Å². The molecule has 2 N–H and O–H groups in total. The maximum absolute atomic E-state index is 12.4. The summed E-state index contributed by atoms with van der Waals surface area (Å²) in [7, 11) is 1.59. The molecule has 1 aliphatic heterocycles. The van der Waals surface area contributed by atoms with Gasteiger partial charge in [-0.15, -0.1) is 0 Å². The molecule has 1 aromatic carbocycles. The zero-order chi connectivity index (χ0) is 19.2. The minimum absolute atomic E-state index is 0.107. The second-order valence-electron chi connectivity index (χ2n) is 6.15. The van der Waals surface area contributed by atoms with Crippen molar-refractivity contribution in [3.05, 3.63) is 54.0 Å². The number of ether oxygens (including phenoxy) is 1. The van der Waals surface area contributed by atoms with Gasteiger partial charge >= 0.3 is 6.03 Å². The summed E-state index contributed by atoms with van der Waals surface area (Å²) in [5.74, 6) is 0.643. The van der Waals surface area contributed by atoms with Gasteiger partial charge in [0.2, 0.25) is 5.91 Å². The van der Waals surface area contributed by atoms with E-state index in [1.165, 1.54) is 6.26 Å². The van der Waals surface area contributed by atoms with Gasteiger partial charge in [0.05, 0.1) is 26.3 Å². The van der Waals surface area contributed by atoms with Crippen molar-refractivity contribution >= 4 is 17.8 Å². The predicted molar refractivity (Wildman–Crippen MR) is 95.9 cm³/mol. The van der Waals surface area contributed by atoms with E-state index in [1.807, 2.05) is 24.3 Å². The molecule has 4 amide bonds. The summed E-state index contributed by atoms with van der Waals surface area (Å²) >= 11 is 0. The van der Waals surface area contributed by atoms with Crippen LogP contribution in [0.1, 0.15) is 17.7 Å². The van der Waals surface area contributed by atoms with Gasteiger partial charge in [-0.1, -0.05) is 12.1 Å². The number of benzene rings is 1. The number of methoxy groups -OCH3 is 1. The highest BCUT2D eigenvalue weighted by Gasteiger charge is 2.38. The quantitative estimate of drug-likeness (QED) is 0.684. The number of carbonyl (C=O) groups is 3. The lowest BCUT2D eigenvalue weighted by atomic mass is 10.1. The Hall–Kier alpha value is -3.29. The van der Waals surface area contributed by atoms with E-state index in [0.29, 0.717) is 12.2 Å². The predicted octanol–water partition coefficient (Wildman–Crippen LogP) is 1.46. The summed E-state index contributed by atoms with van der Waals surface area (Å²) in [6.45, 7) is 0.489. The molecule has 8 heteroatoms. The van der Waals surface area contributed by atoms with Crippen LogP contribution in [-0.4, -0.2) is 42.4 Å². The fraction of sp³-hybridized carbons (Fsp3) is 0.316. The molecule has 142 valence electrons. The Morgan fingerprint density at radius 2 is 2.04 bits per heavy atom. The Balaban J connectivity index is 1.49. The SMILES string of the molecule is COc1ccc(CCN2C(=O)N[C@H](CC(=O)NCc3ccco3)C2=O)cc1. The first-order valence-corrected chi connectivity index (χ1v) is 8.60. The monoisotopic (exact) mass is 371 g/mol. The van der Waals surface area contributed by atoms with E-state index in [4.69, 9.17) is 9.15 Å². The molecule has 1 atom stereocenters. The molecular formula is C19H21N3O5. The molecule has 0 aliphatic carbocycles. The fourth-order valence-electron chi connectivity index (χ4n) is 2.82. The molecule has 1 fully saturated rings. The standard InChI is InChI=1S/C19H21N3O5/c1-26-14-6-4-13(5-7-14)8-9-22-18(24)16(21-19(22)25)11-17(23)20-12-15-3-2-10-27-15/h2-7,10,16H,8-9,11-12H2,1H3,(H,20,23)(H,21,25)/t16-/m1/s1. The molecule has 1 aromatic heterocycles. The van der Waals surface area contributed by atoms with Gasteiger partial charge in [-0.25, -0.2) is 4.79 Å². The summed E-state index contributed by atoms with van der Waals surface area (Å²) in [5.41, 5.74) is 0.982. The Morgan fingerprint density at radius 3 is 2.70 bits per heavy atom. The largest absolute Gasteiger partial charge is 0.497 e. The van der Waals surface area contributed by atoms with Gasteiger partial charge in [-0.2, -0.15) is 0 Å². The third-order valence-electron chi connectivity index (χ3n) is 4.32. The smallest absolute Gasteiger partial charge is 0.324 e. The third kappa shape index (κ3) is 4.66. The molecule has 3 rings (SSSR count). The average molecular weight is 371 g/mol. The summed E-state index contributed by atoms with van der Waals surface area (Å²) < 4.78 is 10.2. The number of nitrogens with one attached hydrogen (secondary N) is 2. The molecule has 0 unspecified atom stereocenters. The molecular weight excluding hydrogens is 350 g/mol. The highest BCUT2D eigenvalue weighted by molar-refractivity contribution is 6.05. The molecule has 27 heavy (non-hydrogen) atoms. The number of rotatable bonds is 8. The first kappa shape index (κ1) is 18.5. The Kier molecular flexibility index (Phi) is 5.75. The van der Waals surface area contributed by atoms with E-state index in [1.54, 1.807) is 19.2 Å². The Bertz CT molecular complexity index is 801. The van der Waals surface area contributed by atoms with E-state index in [0.717, 1.165) is 16.2 Å². The zero-order valence-electron chi connectivity index (χ0n) is 14.9. The molecule has 0 radical (unpaired) electrons. The van der Waals surface area contributed by atoms with Crippen molar-refractivity contribution in [2.75, 3.05) is 13.7 Å². The lowest BCUT2D eigenvalue weighted by Crippen LogP contribution is -2.36. The van der Waals surface area contributed by atoms with E-state index >= 15 is 0 Å². The minimum Gasteiger partial charge on any atom is -0.497 e. The van der Waals surface area contributed by atoms with E-state index in [-0.39, 0.29) is 31.3 Å². The fourth-order valence-corrected chi connectivity index (χ4v) is 2.82. The summed E-state index contributed by atoms with van der Waals surface area (Å²) in [6, 6.07) is 9.57. The second-order valence-corrected chi connectivity index (χ2v) is 6.15. The Labute approximate surface area is 156 Å².